The lowest BCUT2D eigenvalue weighted by molar-refractivity contribution is -0.115. The first-order chi connectivity index (χ1) is 9.63. The number of benzene rings is 1. The topological polar surface area (TPSA) is 41.9 Å². The van der Waals surface area contributed by atoms with Crippen LogP contribution in [0.1, 0.15) is 12.5 Å². The Morgan fingerprint density at radius 3 is 3.05 bits per heavy atom. The first kappa shape index (κ1) is 15.2. The van der Waals surface area contributed by atoms with Crippen LogP contribution in [-0.2, 0) is 11.3 Å². The largest absolute Gasteiger partial charge is 0.497 e. The fraction of sp³-hybridized carbons (Fsp3) is 0.429. The van der Waals surface area contributed by atoms with Crippen molar-refractivity contribution in [1.29, 1.82) is 0 Å². The highest BCUT2D eigenvalue weighted by atomic mass is 35.5. The van der Waals surface area contributed by atoms with Gasteiger partial charge < -0.3 is 9.64 Å². The molecule has 0 spiro atoms. The number of halogens is 1. The average molecular weight is 313 g/mol. The van der Waals surface area contributed by atoms with Crippen LogP contribution < -0.4 is 4.74 Å². The van der Waals surface area contributed by atoms with Gasteiger partial charge in [-0.05, 0) is 17.7 Å². The number of nitrogens with zero attached hydrogens (tertiary/aromatic N) is 2. The van der Waals surface area contributed by atoms with Crippen LogP contribution in [0.15, 0.2) is 29.3 Å². The summed E-state index contributed by atoms with van der Waals surface area (Å²) in [5.41, 5.74) is 1.11. The Bertz CT molecular complexity index is 522. The van der Waals surface area contributed by atoms with Gasteiger partial charge in [-0.15, -0.1) is 11.6 Å². The normalized spacial score (nSPS) is 20.4. The van der Waals surface area contributed by atoms with E-state index >= 15 is 0 Å². The zero-order valence-electron chi connectivity index (χ0n) is 11.5. The second kappa shape index (κ2) is 6.99. The van der Waals surface area contributed by atoms with Crippen molar-refractivity contribution in [1.82, 2.24) is 4.90 Å². The van der Waals surface area contributed by atoms with Gasteiger partial charge in [0.25, 0.3) is 0 Å². The fourth-order valence-corrected chi connectivity index (χ4v) is 3.64. The average Bonchev–Trinajstić information content (AvgIpc) is 2.80. The van der Waals surface area contributed by atoms with Gasteiger partial charge in [-0.2, -0.15) is 4.99 Å². The highest BCUT2D eigenvalue weighted by molar-refractivity contribution is 8.14. The Balaban J connectivity index is 2.20. The van der Waals surface area contributed by atoms with Crippen molar-refractivity contribution in [3.8, 4) is 5.75 Å². The molecule has 1 amide bonds. The van der Waals surface area contributed by atoms with E-state index in [1.807, 2.05) is 24.3 Å². The van der Waals surface area contributed by atoms with Crippen LogP contribution in [-0.4, -0.2) is 40.8 Å². The van der Waals surface area contributed by atoms with Crippen molar-refractivity contribution in [2.24, 2.45) is 4.99 Å². The minimum atomic E-state index is -0.182. The molecular weight excluding hydrogens is 296 g/mol. The molecule has 6 heteroatoms. The highest BCUT2D eigenvalue weighted by Gasteiger charge is 2.29. The third kappa shape index (κ3) is 3.67. The summed E-state index contributed by atoms with van der Waals surface area (Å²) in [6.45, 7) is 2.14. The molecule has 0 aromatic heterocycles. The number of hydrogen-bond donors (Lipinski definition) is 0. The molecule has 0 radical (unpaired) electrons. The van der Waals surface area contributed by atoms with E-state index in [0.29, 0.717) is 12.4 Å². The van der Waals surface area contributed by atoms with Crippen molar-refractivity contribution >= 4 is 34.4 Å². The molecule has 1 heterocycles. The molecule has 0 aliphatic carbocycles. The molecule has 1 unspecified atom stereocenters. The van der Waals surface area contributed by atoms with Gasteiger partial charge in [0, 0.05) is 25.1 Å². The van der Waals surface area contributed by atoms with Crippen molar-refractivity contribution in [2.45, 2.75) is 19.5 Å². The molecule has 1 aliphatic rings. The van der Waals surface area contributed by atoms with Crippen LogP contribution in [0.4, 0.5) is 0 Å². The third-order valence-corrected chi connectivity index (χ3v) is 4.50. The predicted molar refractivity (Wildman–Crippen MR) is 83.6 cm³/mol. The summed E-state index contributed by atoms with van der Waals surface area (Å²) in [4.78, 5) is 17.4. The molecule has 108 valence electrons. The first-order valence-corrected chi connectivity index (χ1v) is 7.83. The standard InChI is InChI=1S/C14H17ClN2O2S/c1-10(18)16-14-17(12(7-15)9-20-14)8-11-4-3-5-13(6-11)19-2/h3-6,12H,7-9H2,1-2H3. The van der Waals surface area contributed by atoms with Crippen molar-refractivity contribution < 1.29 is 9.53 Å². The van der Waals surface area contributed by atoms with E-state index in [-0.39, 0.29) is 11.9 Å². The van der Waals surface area contributed by atoms with Gasteiger partial charge in [0.05, 0.1) is 13.2 Å². The Morgan fingerprint density at radius 1 is 1.60 bits per heavy atom. The second-order valence-corrected chi connectivity index (χ2v) is 5.81. The van der Waals surface area contributed by atoms with Gasteiger partial charge in [0.15, 0.2) is 5.17 Å². The number of carbonyl (C=O) groups excluding carboxylic acids is 1. The summed E-state index contributed by atoms with van der Waals surface area (Å²) in [5, 5.41) is 0.756. The zero-order valence-corrected chi connectivity index (χ0v) is 13.1. The Hall–Kier alpha value is -1.20. The molecule has 1 aromatic rings. The lowest BCUT2D eigenvalue weighted by atomic mass is 10.2. The van der Waals surface area contributed by atoms with Crippen LogP contribution in [0.5, 0.6) is 5.75 Å². The van der Waals surface area contributed by atoms with Crippen LogP contribution in [0, 0.1) is 0 Å². The van der Waals surface area contributed by atoms with Gasteiger partial charge >= 0.3 is 0 Å². The monoisotopic (exact) mass is 312 g/mol. The molecule has 1 aromatic carbocycles. The molecule has 0 bridgehead atoms. The lowest BCUT2D eigenvalue weighted by Crippen LogP contribution is -2.35. The predicted octanol–water partition coefficient (Wildman–Crippen LogP) is 2.75. The van der Waals surface area contributed by atoms with Crippen molar-refractivity contribution in [3.05, 3.63) is 29.8 Å². The minimum absolute atomic E-state index is 0.182. The molecule has 0 saturated carbocycles. The molecule has 1 aliphatic heterocycles. The Kier molecular flexibility index (Phi) is 5.31. The van der Waals surface area contributed by atoms with Crippen molar-refractivity contribution in [2.75, 3.05) is 18.7 Å². The molecule has 20 heavy (non-hydrogen) atoms. The summed E-state index contributed by atoms with van der Waals surface area (Å²) in [6.07, 6.45) is 0. The summed E-state index contributed by atoms with van der Waals surface area (Å²) < 4.78 is 5.23. The summed E-state index contributed by atoms with van der Waals surface area (Å²) in [7, 11) is 1.65. The molecule has 1 saturated heterocycles. The van der Waals surface area contributed by atoms with E-state index in [2.05, 4.69) is 9.89 Å². The Morgan fingerprint density at radius 2 is 2.40 bits per heavy atom. The fourth-order valence-electron chi connectivity index (χ4n) is 2.02. The quantitative estimate of drug-likeness (QED) is 0.802. The molecule has 1 fully saturated rings. The van der Waals surface area contributed by atoms with Gasteiger partial charge in [-0.1, -0.05) is 23.9 Å². The Labute approximate surface area is 128 Å². The number of aliphatic imine (C=N–C) groups is 1. The van der Waals surface area contributed by atoms with Crippen LogP contribution in [0.3, 0.4) is 0 Å². The molecule has 4 nitrogen and oxygen atoms in total. The number of ether oxygens (including phenoxy) is 1. The van der Waals surface area contributed by atoms with E-state index in [4.69, 9.17) is 16.3 Å². The van der Waals surface area contributed by atoms with Crippen LogP contribution in [0.2, 0.25) is 0 Å². The first-order valence-electron chi connectivity index (χ1n) is 6.31. The second-order valence-electron chi connectivity index (χ2n) is 4.51. The summed E-state index contributed by atoms with van der Waals surface area (Å²) in [5.74, 6) is 2.02. The minimum Gasteiger partial charge on any atom is -0.497 e. The maximum atomic E-state index is 11.2. The lowest BCUT2D eigenvalue weighted by Gasteiger charge is -2.24. The molecule has 0 N–H and O–H groups in total. The van der Waals surface area contributed by atoms with E-state index in [0.717, 1.165) is 22.2 Å². The number of methoxy groups -OCH3 is 1. The molecule has 1 atom stereocenters. The SMILES string of the molecule is COc1cccc(CN2C(=NC(C)=O)SCC2CCl)c1. The van der Waals surface area contributed by atoms with E-state index < -0.39 is 0 Å². The third-order valence-electron chi connectivity index (χ3n) is 3.01. The van der Waals surface area contributed by atoms with Crippen LogP contribution >= 0.6 is 23.4 Å². The summed E-state index contributed by atoms with van der Waals surface area (Å²) >= 11 is 7.59. The summed E-state index contributed by atoms with van der Waals surface area (Å²) in [6, 6.07) is 8.08. The van der Waals surface area contributed by atoms with Crippen LogP contribution in [0.25, 0.3) is 0 Å². The van der Waals surface area contributed by atoms with Gasteiger partial charge in [-0.25, -0.2) is 0 Å². The van der Waals surface area contributed by atoms with E-state index in [9.17, 15) is 4.79 Å². The maximum absolute atomic E-state index is 11.2. The number of amides is 1. The van der Waals surface area contributed by atoms with Crippen molar-refractivity contribution in [3.63, 3.8) is 0 Å². The van der Waals surface area contributed by atoms with E-state index in [1.54, 1.807) is 18.9 Å². The van der Waals surface area contributed by atoms with E-state index in [1.165, 1.54) is 6.92 Å². The zero-order chi connectivity index (χ0) is 14.5. The highest BCUT2D eigenvalue weighted by Crippen LogP contribution is 2.27. The maximum Gasteiger partial charge on any atom is 0.244 e. The smallest absolute Gasteiger partial charge is 0.244 e. The molecule has 2 rings (SSSR count). The number of alkyl halides is 1. The van der Waals surface area contributed by atoms with Gasteiger partial charge in [0.1, 0.15) is 5.75 Å². The number of rotatable bonds is 4. The number of thioether (sulfide) groups is 1. The number of carbonyl (C=O) groups is 1. The number of amidine groups is 1. The van der Waals surface area contributed by atoms with Gasteiger partial charge in [0.2, 0.25) is 5.91 Å². The number of hydrogen-bond acceptors (Lipinski definition) is 3. The molecular formula is C14H17ClN2O2S. The van der Waals surface area contributed by atoms with Gasteiger partial charge in [-0.3, -0.25) is 4.79 Å².